The second-order valence-electron chi connectivity index (χ2n) is 3.30. The molecule has 0 bridgehead atoms. The van der Waals surface area contributed by atoms with Crippen molar-refractivity contribution in [3.05, 3.63) is 35.9 Å². The molecule has 0 radical (unpaired) electrons. The summed E-state index contributed by atoms with van der Waals surface area (Å²) in [6, 6.07) is 9.21. The molecule has 1 amide bonds. The lowest BCUT2D eigenvalue weighted by Crippen LogP contribution is -2.32. The van der Waals surface area contributed by atoms with Gasteiger partial charge in [0, 0.05) is 12.1 Å². The maximum Gasteiger partial charge on any atom is 0.254 e. The van der Waals surface area contributed by atoms with Gasteiger partial charge in [-0.3, -0.25) is 4.79 Å². The van der Waals surface area contributed by atoms with E-state index in [1.54, 1.807) is 4.90 Å². The third kappa shape index (κ3) is 3.14. The van der Waals surface area contributed by atoms with Gasteiger partial charge in [-0.05, 0) is 18.6 Å². The van der Waals surface area contributed by atoms with Crippen molar-refractivity contribution in [1.82, 2.24) is 4.90 Å². The molecule has 78 valence electrons. The van der Waals surface area contributed by atoms with E-state index in [1.165, 1.54) is 0 Å². The molecule has 0 aliphatic rings. The molecule has 0 atom stereocenters. The third-order valence-corrected chi connectivity index (χ3v) is 2.08. The maximum absolute atomic E-state index is 12.0. The van der Waals surface area contributed by atoms with Gasteiger partial charge in [-0.25, -0.2) is 0 Å². The van der Waals surface area contributed by atoms with Crippen LogP contribution in [0.4, 0.5) is 0 Å². The first-order valence-corrected chi connectivity index (χ1v) is 5.07. The summed E-state index contributed by atoms with van der Waals surface area (Å²) in [6.45, 7) is 3.11. The third-order valence-electron chi connectivity index (χ3n) is 2.08. The standard InChI is InChI=1S/C13H15NO/c1-3-10-14(11-4-2)13(15)12-8-6-5-7-9-12/h1,5-9H,4,10-11H2,2H3. The highest BCUT2D eigenvalue weighted by molar-refractivity contribution is 5.94. The summed E-state index contributed by atoms with van der Waals surface area (Å²) in [5.41, 5.74) is 0.696. The van der Waals surface area contributed by atoms with Crippen LogP contribution in [0.25, 0.3) is 0 Å². The molecule has 2 heteroatoms. The Kier molecular flexibility index (Phi) is 4.43. The molecule has 15 heavy (non-hydrogen) atoms. The fourth-order valence-corrected chi connectivity index (χ4v) is 1.40. The molecule has 0 aromatic heterocycles. The Bertz CT molecular complexity index is 351. The van der Waals surface area contributed by atoms with Crippen molar-refractivity contribution in [2.45, 2.75) is 13.3 Å². The van der Waals surface area contributed by atoms with Crippen LogP contribution in [-0.2, 0) is 0 Å². The molecule has 1 aromatic carbocycles. The van der Waals surface area contributed by atoms with Crippen LogP contribution in [0, 0.1) is 12.3 Å². The van der Waals surface area contributed by atoms with Crippen molar-refractivity contribution in [3.63, 3.8) is 0 Å². The van der Waals surface area contributed by atoms with Gasteiger partial charge in [-0.2, -0.15) is 0 Å². The number of carbonyl (C=O) groups excluding carboxylic acids is 1. The number of terminal acetylenes is 1. The number of benzene rings is 1. The normalized spacial score (nSPS) is 9.33. The summed E-state index contributed by atoms with van der Waals surface area (Å²) in [6.07, 6.45) is 6.15. The van der Waals surface area contributed by atoms with E-state index in [9.17, 15) is 4.79 Å². The molecular weight excluding hydrogens is 186 g/mol. The van der Waals surface area contributed by atoms with E-state index in [1.807, 2.05) is 37.3 Å². The van der Waals surface area contributed by atoms with Crippen LogP contribution in [-0.4, -0.2) is 23.9 Å². The predicted molar refractivity (Wildman–Crippen MR) is 61.5 cm³/mol. The lowest BCUT2D eigenvalue weighted by atomic mass is 10.2. The Balaban J connectivity index is 2.77. The number of carbonyl (C=O) groups is 1. The number of amides is 1. The second-order valence-corrected chi connectivity index (χ2v) is 3.30. The largest absolute Gasteiger partial charge is 0.328 e. The van der Waals surface area contributed by atoms with E-state index in [2.05, 4.69) is 5.92 Å². The molecule has 0 saturated carbocycles. The number of hydrogen-bond acceptors (Lipinski definition) is 1. The molecule has 0 fully saturated rings. The van der Waals surface area contributed by atoms with Crippen molar-refractivity contribution in [1.29, 1.82) is 0 Å². The fraction of sp³-hybridized carbons (Fsp3) is 0.308. The highest BCUT2D eigenvalue weighted by Crippen LogP contribution is 2.04. The summed E-state index contributed by atoms with van der Waals surface area (Å²) in [4.78, 5) is 13.6. The first-order chi connectivity index (χ1) is 7.29. The zero-order chi connectivity index (χ0) is 11.1. The van der Waals surface area contributed by atoms with Crippen LogP contribution in [0.5, 0.6) is 0 Å². The highest BCUT2D eigenvalue weighted by atomic mass is 16.2. The van der Waals surface area contributed by atoms with Crippen LogP contribution < -0.4 is 0 Å². The summed E-state index contributed by atoms with van der Waals surface area (Å²) in [5.74, 6) is 2.52. The Morgan fingerprint density at radius 1 is 1.40 bits per heavy atom. The van der Waals surface area contributed by atoms with Crippen molar-refractivity contribution >= 4 is 5.91 Å². The van der Waals surface area contributed by atoms with Gasteiger partial charge in [0.2, 0.25) is 0 Å². The monoisotopic (exact) mass is 201 g/mol. The molecule has 2 nitrogen and oxygen atoms in total. The van der Waals surface area contributed by atoms with Crippen LogP contribution in [0.2, 0.25) is 0 Å². The number of rotatable bonds is 4. The van der Waals surface area contributed by atoms with E-state index >= 15 is 0 Å². The molecule has 0 aliphatic heterocycles. The average Bonchev–Trinajstić information content (AvgIpc) is 2.29. The van der Waals surface area contributed by atoms with Crippen molar-refractivity contribution < 1.29 is 4.79 Å². The minimum absolute atomic E-state index is 0.00963. The van der Waals surface area contributed by atoms with Crippen molar-refractivity contribution in [2.75, 3.05) is 13.1 Å². The van der Waals surface area contributed by atoms with E-state index in [0.29, 0.717) is 18.7 Å². The molecule has 1 rings (SSSR count). The highest BCUT2D eigenvalue weighted by Gasteiger charge is 2.12. The van der Waals surface area contributed by atoms with E-state index in [0.717, 1.165) is 6.42 Å². The minimum Gasteiger partial charge on any atom is -0.328 e. The molecule has 0 unspecified atom stereocenters. The van der Waals surface area contributed by atoms with Gasteiger partial charge < -0.3 is 4.90 Å². The van der Waals surface area contributed by atoms with E-state index in [4.69, 9.17) is 6.42 Å². The van der Waals surface area contributed by atoms with Gasteiger partial charge in [0.15, 0.2) is 0 Å². The lowest BCUT2D eigenvalue weighted by molar-refractivity contribution is 0.0777. The Morgan fingerprint density at radius 2 is 2.07 bits per heavy atom. The SMILES string of the molecule is C#CCN(CCC)C(=O)c1ccccc1. The summed E-state index contributed by atoms with van der Waals surface area (Å²) >= 11 is 0. The lowest BCUT2D eigenvalue weighted by Gasteiger charge is -2.19. The number of nitrogens with zero attached hydrogens (tertiary/aromatic N) is 1. The van der Waals surface area contributed by atoms with Crippen molar-refractivity contribution in [2.24, 2.45) is 0 Å². The second kappa shape index (κ2) is 5.87. The Labute approximate surface area is 90.9 Å². The summed E-state index contributed by atoms with van der Waals surface area (Å²) in [5, 5.41) is 0. The Morgan fingerprint density at radius 3 is 2.60 bits per heavy atom. The fourth-order valence-electron chi connectivity index (χ4n) is 1.40. The van der Waals surface area contributed by atoms with Gasteiger partial charge >= 0.3 is 0 Å². The van der Waals surface area contributed by atoms with Gasteiger partial charge in [0.05, 0.1) is 6.54 Å². The zero-order valence-corrected chi connectivity index (χ0v) is 8.94. The molecular formula is C13H15NO. The van der Waals surface area contributed by atoms with Gasteiger partial charge in [0.25, 0.3) is 5.91 Å². The first kappa shape index (κ1) is 11.3. The summed E-state index contributed by atoms with van der Waals surface area (Å²) in [7, 11) is 0. The topological polar surface area (TPSA) is 20.3 Å². The molecule has 0 aliphatic carbocycles. The Hall–Kier alpha value is -1.75. The molecule has 0 N–H and O–H groups in total. The van der Waals surface area contributed by atoms with Crippen molar-refractivity contribution in [3.8, 4) is 12.3 Å². The maximum atomic E-state index is 12.0. The van der Waals surface area contributed by atoms with E-state index < -0.39 is 0 Å². The molecule has 0 spiro atoms. The average molecular weight is 201 g/mol. The quantitative estimate of drug-likeness (QED) is 0.684. The minimum atomic E-state index is 0.00963. The predicted octanol–water partition coefficient (Wildman–Crippen LogP) is 2.17. The van der Waals surface area contributed by atoms with Crippen LogP contribution in [0.1, 0.15) is 23.7 Å². The van der Waals surface area contributed by atoms with Crippen LogP contribution in [0.15, 0.2) is 30.3 Å². The van der Waals surface area contributed by atoms with Gasteiger partial charge in [-0.15, -0.1) is 6.42 Å². The van der Waals surface area contributed by atoms with Gasteiger partial charge in [0.1, 0.15) is 0 Å². The summed E-state index contributed by atoms with van der Waals surface area (Å²) < 4.78 is 0. The number of hydrogen-bond donors (Lipinski definition) is 0. The smallest absolute Gasteiger partial charge is 0.254 e. The van der Waals surface area contributed by atoms with E-state index in [-0.39, 0.29) is 5.91 Å². The van der Waals surface area contributed by atoms with Crippen LogP contribution in [0.3, 0.4) is 0 Å². The molecule has 1 aromatic rings. The zero-order valence-electron chi connectivity index (χ0n) is 8.94. The van der Waals surface area contributed by atoms with Crippen LogP contribution >= 0.6 is 0 Å². The first-order valence-electron chi connectivity index (χ1n) is 5.07. The molecule has 0 heterocycles. The van der Waals surface area contributed by atoms with Gasteiger partial charge in [-0.1, -0.05) is 31.0 Å². The molecule has 0 saturated heterocycles.